The molecule has 0 saturated carbocycles. The van der Waals surface area contributed by atoms with Crippen LogP contribution in [-0.4, -0.2) is 17.9 Å². The van der Waals surface area contributed by atoms with Gasteiger partial charge in [-0.3, -0.25) is 20.4 Å². The summed E-state index contributed by atoms with van der Waals surface area (Å²) >= 11 is 9.16. The Labute approximate surface area is 157 Å². The Morgan fingerprint density at radius 2 is 1.96 bits per heavy atom. The molecule has 1 unspecified atom stereocenters. The predicted octanol–water partition coefficient (Wildman–Crippen LogP) is 3.40. The van der Waals surface area contributed by atoms with Crippen molar-refractivity contribution in [1.29, 1.82) is 0 Å². The lowest BCUT2D eigenvalue weighted by Crippen LogP contribution is -2.47. The normalized spacial score (nSPS) is 11.5. The highest BCUT2D eigenvalue weighted by atomic mass is 79.9. The molecule has 132 valence electrons. The van der Waals surface area contributed by atoms with E-state index >= 15 is 0 Å². The summed E-state index contributed by atoms with van der Waals surface area (Å²) in [5.74, 6) is -1.23. The fraction of sp³-hybridized carbons (Fsp3) is 0.176. The minimum atomic E-state index is -0.841. The smallest absolute Gasteiger partial charge is 0.279 e. The maximum atomic E-state index is 13.6. The summed E-state index contributed by atoms with van der Waals surface area (Å²) in [4.78, 5) is 23.8. The maximum Gasteiger partial charge on any atom is 0.279 e. The largest absolute Gasteiger partial charge is 0.481 e. The molecule has 2 amide bonds. The van der Waals surface area contributed by atoms with Gasteiger partial charge in [-0.05, 0) is 37.3 Å². The zero-order valence-electron chi connectivity index (χ0n) is 13.2. The molecule has 1 atom stereocenters. The number of halogens is 3. The first kappa shape index (κ1) is 19.2. The molecule has 0 aliphatic heterocycles. The van der Waals surface area contributed by atoms with Gasteiger partial charge in [-0.2, -0.15) is 0 Å². The van der Waals surface area contributed by atoms with Crippen molar-refractivity contribution in [2.24, 2.45) is 0 Å². The van der Waals surface area contributed by atoms with Crippen LogP contribution in [-0.2, 0) is 16.0 Å². The minimum Gasteiger partial charge on any atom is -0.481 e. The van der Waals surface area contributed by atoms with Crippen LogP contribution in [0.25, 0.3) is 0 Å². The van der Waals surface area contributed by atoms with Crippen LogP contribution >= 0.6 is 27.5 Å². The fourth-order valence-electron chi connectivity index (χ4n) is 1.94. The van der Waals surface area contributed by atoms with Crippen LogP contribution in [0.3, 0.4) is 0 Å². The zero-order chi connectivity index (χ0) is 18.4. The molecule has 0 fully saturated rings. The quantitative estimate of drug-likeness (QED) is 0.716. The van der Waals surface area contributed by atoms with Crippen molar-refractivity contribution in [2.75, 3.05) is 0 Å². The van der Waals surface area contributed by atoms with E-state index in [1.807, 2.05) is 6.07 Å². The van der Waals surface area contributed by atoms with Gasteiger partial charge in [0.15, 0.2) is 6.10 Å². The topological polar surface area (TPSA) is 67.4 Å². The van der Waals surface area contributed by atoms with Gasteiger partial charge in [0.05, 0.1) is 6.42 Å². The Bertz CT molecular complexity index is 768. The summed E-state index contributed by atoms with van der Waals surface area (Å²) in [7, 11) is 0. The van der Waals surface area contributed by atoms with Crippen molar-refractivity contribution >= 4 is 39.3 Å². The van der Waals surface area contributed by atoms with Gasteiger partial charge in [-0.15, -0.1) is 0 Å². The fourth-order valence-corrected chi connectivity index (χ4v) is 2.54. The van der Waals surface area contributed by atoms with Crippen molar-refractivity contribution in [3.63, 3.8) is 0 Å². The lowest BCUT2D eigenvalue weighted by atomic mass is 10.1. The number of hydrogen-bond acceptors (Lipinski definition) is 3. The number of rotatable bonds is 5. The number of carbonyl (C=O) groups excluding carboxylic acids is 2. The van der Waals surface area contributed by atoms with Crippen LogP contribution in [0.5, 0.6) is 5.75 Å². The first-order chi connectivity index (χ1) is 11.9. The van der Waals surface area contributed by atoms with Crippen LogP contribution in [0.4, 0.5) is 4.39 Å². The third-order valence-electron chi connectivity index (χ3n) is 3.20. The maximum absolute atomic E-state index is 13.6. The van der Waals surface area contributed by atoms with Gasteiger partial charge >= 0.3 is 0 Å². The number of hydrazine groups is 1. The first-order valence-electron chi connectivity index (χ1n) is 7.30. The summed E-state index contributed by atoms with van der Waals surface area (Å²) in [5.41, 5.74) is 4.51. The molecular weight excluding hydrogens is 415 g/mol. The van der Waals surface area contributed by atoms with Gasteiger partial charge < -0.3 is 4.74 Å². The van der Waals surface area contributed by atoms with E-state index in [4.69, 9.17) is 16.3 Å². The molecule has 0 spiro atoms. The Kier molecular flexibility index (Phi) is 6.78. The molecule has 0 heterocycles. The number of nitrogens with one attached hydrogen (secondary N) is 2. The van der Waals surface area contributed by atoms with Crippen LogP contribution in [0.2, 0.25) is 5.02 Å². The molecule has 5 nitrogen and oxygen atoms in total. The van der Waals surface area contributed by atoms with Crippen molar-refractivity contribution in [2.45, 2.75) is 19.4 Å². The van der Waals surface area contributed by atoms with Crippen LogP contribution in [0.15, 0.2) is 46.9 Å². The van der Waals surface area contributed by atoms with Crippen molar-refractivity contribution in [1.82, 2.24) is 10.9 Å². The number of ether oxygens (including phenoxy) is 1. The molecule has 0 bridgehead atoms. The molecular formula is C17H15BrClFN2O3. The summed E-state index contributed by atoms with van der Waals surface area (Å²) in [6.45, 7) is 1.54. The molecule has 2 rings (SSSR count). The van der Waals surface area contributed by atoms with Gasteiger partial charge in [0.1, 0.15) is 11.6 Å². The SMILES string of the molecule is CC(Oc1cccc(Br)c1)C(=O)NNC(=O)Cc1c(F)cccc1Cl. The highest BCUT2D eigenvalue weighted by molar-refractivity contribution is 9.10. The summed E-state index contributed by atoms with van der Waals surface area (Å²) < 4.78 is 19.9. The second-order valence-electron chi connectivity index (χ2n) is 5.13. The van der Waals surface area contributed by atoms with E-state index in [1.54, 1.807) is 18.2 Å². The lowest BCUT2D eigenvalue weighted by molar-refractivity contribution is -0.132. The zero-order valence-corrected chi connectivity index (χ0v) is 15.5. The predicted molar refractivity (Wildman–Crippen MR) is 95.6 cm³/mol. The molecule has 8 heteroatoms. The van der Waals surface area contributed by atoms with Crippen molar-refractivity contribution in [3.05, 3.63) is 63.3 Å². The Morgan fingerprint density at radius 3 is 2.64 bits per heavy atom. The molecule has 2 N–H and O–H groups in total. The molecule has 0 aliphatic carbocycles. The highest BCUT2D eigenvalue weighted by Crippen LogP contribution is 2.20. The monoisotopic (exact) mass is 428 g/mol. The third-order valence-corrected chi connectivity index (χ3v) is 4.05. The summed E-state index contributed by atoms with van der Waals surface area (Å²) in [6.07, 6.45) is -1.14. The van der Waals surface area contributed by atoms with Gasteiger partial charge in [-0.25, -0.2) is 4.39 Å². The molecule has 0 aliphatic rings. The second-order valence-corrected chi connectivity index (χ2v) is 6.45. The number of amides is 2. The number of carbonyl (C=O) groups is 2. The van der Waals surface area contributed by atoms with E-state index in [0.29, 0.717) is 5.75 Å². The molecule has 0 aromatic heterocycles. The summed E-state index contributed by atoms with van der Waals surface area (Å²) in [5, 5.41) is 0.146. The average molecular weight is 430 g/mol. The lowest BCUT2D eigenvalue weighted by Gasteiger charge is -2.15. The molecule has 2 aromatic rings. The Balaban J connectivity index is 1.85. The standard InChI is InChI=1S/C17H15BrClFN2O3/c1-10(25-12-5-2-4-11(18)8-12)17(24)22-21-16(23)9-13-14(19)6-3-7-15(13)20/h2-8,10H,9H2,1H3,(H,21,23)(H,22,24). The van der Waals surface area contributed by atoms with Gasteiger partial charge in [-0.1, -0.05) is 39.7 Å². The van der Waals surface area contributed by atoms with E-state index in [-0.39, 0.29) is 17.0 Å². The molecule has 0 radical (unpaired) electrons. The first-order valence-corrected chi connectivity index (χ1v) is 8.47. The molecule has 2 aromatic carbocycles. The Morgan fingerprint density at radius 1 is 1.24 bits per heavy atom. The highest BCUT2D eigenvalue weighted by Gasteiger charge is 2.17. The minimum absolute atomic E-state index is 0.0642. The van der Waals surface area contributed by atoms with Crippen LogP contribution < -0.4 is 15.6 Å². The number of benzene rings is 2. The van der Waals surface area contributed by atoms with E-state index in [2.05, 4.69) is 26.8 Å². The van der Waals surface area contributed by atoms with E-state index < -0.39 is 23.7 Å². The average Bonchev–Trinajstić information content (AvgIpc) is 2.56. The van der Waals surface area contributed by atoms with Gasteiger partial charge in [0.2, 0.25) is 5.91 Å². The van der Waals surface area contributed by atoms with E-state index in [1.165, 1.54) is 25.1 Å². The third kappa shape index (κ3) is 5.72. The van der Waals surface area contributed by atoms with Crippen LogP contribution in [0.1, 0.15) is 12.5 Å². The Hall–Kier alpha value is -2.12. The van der Waals surface area contributed by atoms with Crippen molar-refractivity contribution < 1.29 is 18.7 Å². The molecule has 0 saturated heterocycles. The van der Waals surface area contributed by atoms with Gasteiger partial charge in [0, 0.05) is 15.1 Å². The second kappa shape index (κ2) is 8.82. The van der Waals surface area contributed by atoms with Crippen LogP contribution in [0, 0.1) is 5.82 Å². The summed E-state index contributed by atoms with van der Waals surface area (Å²) in [6, 6.07) is 11.1. The van der Waals surface area contributed by atoms with Gasteiger partial charge in [0.25, 0.3) is 5.91 Å². The number of hydrogen-bond donors (Lipinski definition) is 2. The van der Waals surface area contributed by atoms with Crippen molar-refractivity contribution in [3.8, 4) is 5.75 Å². The molecule has 25 heavy (non-hydrogen) atoms. The van der Waals surface area contributed by atoms with E-state index in [9.17, 15) is 14.0 Å². The van der Waals surface area contributed by atoms with E-state index in [0.717, 1.165) is 4.47 Å².